The van der Waals surface area contributed by atoms with Crippen LogP contribution in [0, 0.1) is 24.2 Å². The average molecular weight is 302 g/mol. The highest BCUT2D eigenvalue weighted by Crippen LogP contribution is 2.06. The van der Waals surface area contributed by atoms with Gasteiger partial charge in [0.25, 0.3) is 5.56 Å². The van der Waals surface area contributed by atoms with Gasteiger partial charge in [0.05, 0.1) is 6.54 Å². The van der Waals surface area contributed by atoms with Crippen LogP contribution in [0.3, 0.4) is 0 Å². The van der Waals surface area contributed by atoms with E-state index in [1.54, 1.807) is 0 Å². The Hall–Kier alpha value is -2.93. The maximum Gasteiger partial charge on any atom is 0.330 e. The first kappa shape index (κ1) is 17.1. The molecule has 0 unspecified atom stereocenters. The Morgan fingerprint density at radius 2 is 2.14 bits per heavy atom. The van der Waals surface area contributed by atoms with Crippen LogP contribution in [0.15, 0.2) is 9.59 Å². The molecule has 0 aliphatic rings. The highest BCUT2D eigenvalue weighted by Gasteiger charge is 2.13. The Kier molecular flexibility index (Phi) is 6.52. The second-order valence-corrected chi connectivity index (χ2v) is 4.53. The number of nitrogens with two attached hydrogens (primary N) is 1. The van der Waals surface area contributed by atoms with Crippen molar-refractivity contribution < 1.29 is 4.79 Å². The average Bonchev–Trinajstić information content (AvgIpc) is 2.47. The summed E-state index contributed by atoms with van der Waals surface area (Å²) < 4.78 is 0.765. The summed E-state index contributed by atoms with van der Waals surface area (Å²) in [6.45, 7) is 1.85. The number of anilines is 2. The summed E-state index contributed by atoms with van der Waals surface area (Å²) in [6, 6.07) is 0. The first-order valence-electron chi connectivity index (χ1n) is 6.87. The number of nitrogen functional groups attached to an aromatic ring is 1. The molecule has 0 spiro atoms. The zero-order valence-electron chi connectivity index (χ0n) is 12.4. The minimum Gasteiger partial charge on any atom is -0.383 e. The van der Waals surface area contributed by atoms with Gasteiger partial charge in [0, 0.05) is 6.42 Å². The lowest BCUT2D eigenvalue weighted by Crippen LogP contribution is -2.38. The molecule has 22 heavy (non-hydrogen) atoms. The van der Waals surface area contributed by atoms with E-state index in [9.17, 15) is 14.4 Å². The maximum atomic E-state index is 12.1. The Bertz CT molecular complexity index is 756. The summed E-state index contributed by atoms with van der Waals surface area (Å²) in [7, 11) is 0. The second-order valence-electron chi connectivity index (χ2n) is 4.53. The molecule has 0 saturated carbocycles. The van der Waals surface area contributed by atoms with Crippen LogP contribution in [0.5, 0.6) is 0 Å². The molecule has 0 aliphatic heterocycles. The van der Waals surface area contributed by atoms with Crippen LogP contribution in [0.25, 0.3) is 0 Å². The molecular formula is C15H18N4O3. The number of rotatable bonds is 5. The minimum atomic E-state index is -0.764. The van der Waals surface area contributed by atoms with E-state index in [-0.39, 0.29) is 18.1 Å². The van der Waals surface area contributed by atoms with Gasteiger partial charge in [0.15, 0.2) is 0 Å². The second kappa shape index (κ2) is 8.38. The van der Waals surface area contributed by atoms with Gasteiger partial charge < -0.3 is 11.1 Å². The van der Waals surface area contributed by atoms with Gasteiger partial charge in [-0.15, -0.1) is 6.42 Å². The van der Waals surface area contributed by atoms with Crippen LogP contribution in [0.4, 0.5) is 11.5 Å². The van der Waals surface area contributed by atoms with Crippen molar-refractivity contribution >= 4 is 17.4 Å². The SMILES string of the molecule is C#CCn1c(=O)[nH]c(N)c(NC(=O)C#CCCCCC)c1=O. The zero-order chi connectivity index (χ0) is 16.5. The lowest BCUT2D eigenvalue weighted by Gasteiger charge is -2.07. The summed E-state index contributed by atoms with van der Waals surface area (Å²) in [4.78, 5) is 37.5. The van der Waals surface area contributed by atoms with Gasteiger partial charge in [0.1, 0.15) is 11.5 Å². The van der Waals surface area contributed by atoms with Crippen molar-refractivity contribution in [2.45, 2.75) is 39.2 Å². The van der Waals surface area contributed by atoms with Crippen molar-refractivity contribution in [1.82, 2.24) is 9.55 Å². The maximum absolute atomic E-state index is 12.1. The van der Waals surface area contributed by atoms with Gasteiger partial charge in [-0.1, -0.05) is 31.6 Å². The molecule has 0 radical (unpaired) electrons. The van der Waals surface area contributed by atoms with Crippen LogP contribution < -0.4 is 22.3 Å². The molecule has 7 nitrogen and oxygen atoms in total. The minimum absolute atomic E-state index is 0.222. The molecule has 4 N–H and O–H groups in total. The Balaban J connectivity index is 2.92. The standard InChI is InChI=1S/C15H18N4O3/c1-3-5-6-7-8-9-11(20)17-12-13(16)18-15(22)19(10-4-2)14(12)21/h2H,3,5-7,10,16H2,1H3,(H,17,20)(H,18,22). The van der Waals surface area contributed by atoms with E-state index in [1.165, 1.54) is 0 Å². The smallest absolute Gasteiger partial charge is 0.330 e. The Morgan fingerprint density at radius 3 is 2.77 bits per heavy atom. The molecule has 0 aliphatic carbocycles. The van der Waals surface area contributed by atoms with E-state index in [0.717, 1.165) is 23.8 Å². The molecule has 0 atom stereocenters. The number of carbonyl (C=O) groups is 1. The number of aromatic nitrogens is 2. The number of H-pyrrole nitrogens is 1. The molecule has 1 aromatic heterocycles. The summed E-state index contributed by atoms with van der Waals surface area (Å²) >= 11 is 0. The molecular weight excluding hydrogens is 284 g/mol. The predicted octanol–water partition coefficient (Wildman–Crippen LogP) is 0.274. The topological polar surface area (TPSA) is 110 Å². The lowest BCUT2D eigenvalue weighted by molar-refractivity contribution is -0.111. The third-order valence-corrected chi connectivity index (χ3v) is 2.81. The van der Waals surface area contributed by atoms with E-state index >= 15 is 0 Å². The number of hydrogen-bond acceptors (Lipinski definition) is 4. The van der Waals surface area contributed by atoms with Gasteiger partial charge in [-0.3, -0.25) is 14.6 Å². The largest absolute Gasteiger partial charge is 0.383 e. The molecule has 1 amide bonds. The number of amides is 1. The van der Waals surface area contributed by atoms with Crippen LogP contribution in [0.2, 0.25) is 0 Å². The van der Waals surface area contributed by atoms with E-state index in [1.807, 2.05) is 0 Å². The lowest BCUT2D eigenvalue weighted by atomic mass is 10.2. The van der Waals surface area contributed by atoms with Crippen molar-refractivity contribution in [3.63, 3.8) is 0 Å². The van der Waals surface area contributed by atoms with Gasteiger partial charge in [0.2, 0.25) is 0 Å². The third kappa shape index (κ3) is 4.57. The van der Waals surface area contributed by atoms with E-state index in [2.05, 4.69) is 35.0 Å². The molecule has 1 rings (SSSR count). The number of hydrogen-bond donors (Lipinski definition) is 3. The van der Waals surface area contributed by atoms with Crippen LogP contribution in [-0.2, 0) is 11.3 Å². The van der Waals surface area contributed by atoms with Crippen molar-refractivity contribution in [3.8, 4) is 24.2 Å². The van der Waals surface area contributed by atoms with E-state index in [0.29, 0.717) is 6.42 Å². The van der Waals surface area contributed by atoms with Crippen LogP contribution in [0.1, 0.15) is 32.6 Å². The van der Waals surface area contributed by atoms with Gasteiger partial charge in [-0.25, -0.2) is 9.36 Å². The third-order valence-electron chi connectivity index (χ3n) is 2.81. The van der Waals surface area contributed by atoms with E-state index < -0.39 is 17.2 Å². The van der Waals surface area contributed by atoms with Gasteiger partial charge >= 0.3 is 11.6 Å². The first-order chi connectivity index (χ1) is 10.5. The normalized spacial score (nSPS) is 9.45. The van der Waals surface area contributed by atoms with Crippen molar-refractivity contribution in [3.05, 3.63) is 20.8 Å². The molecule has 7 heteroatoms. The molecule has 116 valence electrons. The predicted molar refractivity (Wildman–Crippen MR) is 85.1 cm³/mol. The fourth-order valence-electron chi connectivity index (χ4n) is 1.69. The highest BCUT2D eigenvalue weighted by molar-refractivity contribution is 6.05. The zero-order valence-corrected chi connectivity index (χ0v) is 12.4. The number of nitrogens with zero attached hydrogens (tertiary/aromatic N) is 1. The first-order valence-corrected chi connectivity index (χ1v) is 6.87. The molecule has 0 bridgehead atoms. The molecule has 0 fully saturated rings. The molecule has 0 aromatic carbocycles. The molecule has 0 saturated heterocycles. The van der Waals surface area contributed by atoms with Crippen molar-refractivity contribution in [1.29, 1.82) is 0 Å². The number of aromatic amines is 1. The van der Waals surface area contributed by atoms with Crippen LogP contribution in [-0.4, -0.2) is 15.5 Å². The fourth-order valence-corrected chi connectivity index (χ4v) is 1.69. The Labute approximate surface area is 127 Å². The Morgan fingerprint density at radius 1 is 1.41 bits per heavy atom. The summed E-state index contributed by atoms with van der Waals surface area (Å²) in [5.74, 6) is 6.37. The number of unbranched alkanes of at least 4 members (excludes halogenated alkanes) is 3. The fraction of sp³-hybridized carbons (Fsp3) is 0.400. The van der Waals surface area contributed by atoms with Gasteiger partial charge in [-0.05, 0) is 12.3 Å². The quantitative estimate of drug-likeness (QED) is 0.536. The van der Waals surface area contributed by atoms with Crippen molar-refractivity contribution in [2.24, 2.45) is 0 Å². The number of carbonyl (C=O) groups excluding carboxylic acids is 1. The molecule has 1 heterocycles. The monoisotopic (exact) mass is 302 g/mol. The van der Waals surface area contributed by atoms with Gasteiger partial charge in [-0.2, -0.15) is 0 Å². The van der Waals surface area contributed by atoms with Crippen molar-refractivity contribution in [2.75, 3.05) is 11.1 Å². The van der Waals surface area contributed by atoms with E-state index in [4.69, 9.17) is 12.2 Å². The summed E-state index contributed by atoms with van der Waals surface area (Å²) in [5, 5.41) is 2.29. The highest BCUT2D eigenvalue weighted by atomic mass is 16.2. The number of terminal acetylenes is 1. The number of nitrogens with one attached hydrogen (secondary N) is 2. The molecule has 1 aromatic rings. The van der Waals surface area contributed by atoms with Crippen LogP contribution >= 0.6 is 0 Å². The summed E-state index contributed by atoms with van der Waals surface area (Å²) in [5.41, 5.74) is 3.82. The summed E-state index contributed by atoms with van der Waals surface area (Å²) in [6.07, 6.45) is 8.71.